The van der Waals surface area contributed by atoms with Gasteiger partial charge in [-0.15, -0.1) is 0 Å². The summed E-state index contributed by atoms with van der Waals surface area (Å²) in [6.07, 6.45) is 3.61. The van der Waals surface area contributed by atoms with Crippen molar-refractivity contribution in [3.63, 3.8) is 0 Å². The molecule has 1 fully saturated rings. The molecule has 0 aromatic heterocycles. The van der Waals surface area contributed by atoms with E-state index in [1.807, 2.05) is 0 Å². The summed E-state index contributed by atoms with van der Waals surface area (Å²) >= 11 is 0. The summed E-state index contributed by atoms with van der Waals surface area (Å²) in [6.45, 7) is 3.84. The highest BCUT2D eigenvalue weighted by molar-refractivity contribution is 5.75. The Hall–Kier alpha value is -0.650. The van der Waals surface area contributed by atoms with Crippen LogP contribution in [-0.4, -0.2) is 50.5 Å². The van der Waals surface area contributed by atoms with Gasteiger partial charge in [-0.2, -0.15) is 0 Å². The second-order valence-corrected chi connectivity index (χ2v) is 4.44. The van der Waals surface area contributed by atoms with E-state index in [0.29, 0.717) is 32.1 Å². The van der Waals surface area contributed by atoms with Crippen LogP contribution >= 0.6 is 0 Å². The van der Waals surface area contributed by atoms with E-state index in [9.17, 15) is 4.79 Å². The van der Waals surface area contributed by atoms with E-state index < -0.39 is 0 Å². The van der Waals surface area contributed by atoms with Crippen molar-refractivity contribution >= 4 is 5.91 Å². The monoisotopic (exact) mass is 244 g/mol. The zero-order valence-electron chi connectivity index (χ0n) is 10.4. The van der Waals surface area contributed by atoms with Crippen LogP contribution in [0, 0.1) is 5.92 Å². The topological polar surface area (TPSA) is 70.6 Å². The van der Waals surface area contributed by atoms with E-state index in [0.717, 1.165) is 25.9 Å². The number of rotatable bonds is 9. The quantitative estimate of drug-likeness (QED) is 0.495. The van der Waals surface area contributed by atoms with E-state index in [1.54, 1.807) is 0 Å². The van der Waals surface area contributed by atoms with Crippen molar-refractivity contribution in [3.8, 4) is 0 Å². The van der Waals surface area contributed by atoms with Gasteiger partial charge in [-0.1, -0.05) is 0 Å². The van der Waals surface area contributed by atoms with Gasteiger partial charge < -0.3 is 20.5 Å². The van der Waals surface area contributed by atoms with Gasteiger partial charge in [-0.25, -0.2) is 0 Å². The number of hydrogen-bond donors (Lipinski definition) is 3. The maximum absolute atomic E-state index is 11.5. The fourth-order valence-electron chi connectivity index (χ4n) is 1.95. The predicted octanol–water partition coefficient (Wildman–Crippen LogP) is -0.109. The molecule has 5 nitrogen and oxygen atoms in total. The van der Waals surface area contributed by atoms with Crippen LogP contribution in [0.3, 0.4) is 0 Å². The number of ether oxygens (including phenoxy) is 1. The van der Waals surface area contributed by atoms with Crippen LogP contribution in [0.4, 0.5) is 0 Å². The summed E-state index contributed by atoms with van der Waals surface area (Å²) in [4.78, 5) is 11.5. The lowest BCUT2D eigenvalue weighted by atomic mass is 10.0. The maximum Gasteiger partial charge on any atom is 0.220 e. The Labute approximate surface area is 103 Å². The predicted molar refractivity (Wildman–Crippen MR) is 65.7 cm³/mol. The van der Waals surface area contributed by atoms with Crippen LogP contribution in [-0.2, 0) is 9.53 Å². The fraction of sp³-hybridized carbons (Fsp3) is 0.917. The standard InChI is InChI=1S/C12H24N2O3/c15-7-9-17-8-1-5-14-12(16)3-2-11-4-6-13-10-11/h11,13,15H,1-10H2,(H,14,16). The lowest BCUT2D eigenvalue weighted by Gasteiger charge is -2.08. The Morgan fingerprint density at radius 3 is 3.06 bits per heavy atom. The molecular formula is C12H24N2O3. The lowest BCUT2D eigenvalue weighted by Crippen LogP contribution is -2.25. The van der Waals surface area contributed by atoms with Crippen LogP contribution in [0.15, 0.2) is 0 Å². The molecule has 0 aromatic carbocycles. The molecule has 1 rings (SSSR count). The first-order chi connectivity index (χ1) is 8.33. The number of hydrogen-bond acceptors (Lipinski definition) is 4. The van der Waals surface area contributed by atoms with Crippen LogP contribution in [0.2, 0.25) is 0 Å². The van der Waals surface area contributed by atoms with E-state index in [1.165, 1.54) is 6.42 Å². The molecule has 0 spiro atoms. The molecule has 0 aliphatic carbocycles. The summed E-state index contributed by atoms with van der Waals surface area (Å²) in [5, 5.41) is 14.7. The van der Waals surface area contributed by atoms with E-state index in [2.05, 4.69) is 10.6 Å². The summed E-state index contributed by atoms with van der Waals surface area (Å²) in [5.41, 5.74) is 0. The molecule has 1 amide bonds. The van der Waals surface area contributed by atoms with Gasteiger partial charge in [0.15, 0.2) is 0 Å². The minimum Gasteiger partial charge on any atom is -0.394 e. The summed E-state index contributed by atoms with van der Waals surface area (Å²) in [6, 6.07) is 0. The molecule has 0 bridgehead atoms. The van der Waals surface area contributed by atoms with Gasteiger partial charge in [0.2, 0.25) is 5.91 Å². The molecule has 0 aromatic rings. The van der Waals surface area contributed by atoms with Gasteiger partial charge in [0, 0.05) is 19.6 Å². The maximum atomic E-state index is 11.5. The first-order valence-electron chi connectivity index (χ1n) is 6.49. The molecule has 0 saturated carbocycles. The molecule has 3 N–H and O–H groups in total. The van der Waals surface area contributed by atoms with Crippen molar-refractivity contribution in [1.29, 1.82) is 0 Å². The molecule has 1 aliphatic rings. The van der Waals surface area contributed by atoms with Gasteiger partial charge in [0.05, 0.1) is 13.2 Å². The number of amides is 1. The zero-order valence-corrected chi connectivity index (χ0v) is 10.4. The van der Waals surface area contributed by atoms with Gasteiger partial charge >= 0.3 is 0 Å². The number of aliphatic hydroxyl groups excluding tert-OH is 1. The molecule has 1 unspecified atom stereocenters. The molecule has 1 atom stereocenters. The highest BCUT2D eigenvalue weighted by atomic mass is 16.5. The molecule has 0 radical (unpaired) electrons. The zero-order chi connectivity index (χ0) is 12.3. The number of aliphatic hydroxyl groups is 1. The minimum absolute atomic E-state index is 0.0573. The van der Waals surface area contributed by atoms with Crippen molar-refractivity contribution in [2.45, 2.75) is 25.7 Å². The number of carbonyl (C=O) groups excluding carboxylic acids is 1. The minimum atomic E-state index is 0.0573. The molecular weight excluding hydrogens is 220 g/mol. The van der Waals surface area contributed by atoms with Gasteiger partial charge in [0.1, 0.15) is 0 Å². The second-order valence-electron chi connectivity index (χ2n) is 4.44. The first kappa shape index (κ1) is 14.4. The Kier molecular flexibility index (Phi) is 7.96. The summed E-state index contributed by atoms with van der Waals surface area (Å²) < 4.78 is 5.10. The lowest BCUT2D eigenvalue weighted by molar-refractivity contribution is -0.121. The summed E-state index contributed by atoms with van der Waals surface area (Å²) in [5.74, 6) is 0.813. The van der Waals surface area contributed by atoms with Crippen LogP contribution in [0.1, 0.15) is 25.7 Å². The molecule has 1 saturated heterocycles. The average Bonchev–Trinajstić information content (AvgIpc) is 2.84. The van der Waals surface area contributed by atoms with E-state index >= 15 is 0 Å². The largest absolute Gasteiger partial charge is 0.394 e. The van der Waals surface area contributed by atoms with Crippen molar-refractivity contribution in [3.05, 3.63) is 0 Å². The highest BCUT2D eigenvalue weighted by Crippen LogP contribution is 2.13. The normalized spacial score (nSPS) is 19.5. The van der Waals surface area contributed by atoms with Crippen LogP contribution in [0.5, 0.6) is 0 Å². The molecule has 1 aliphatic heterocycles. The Morgan fingerprint density at radius 1 is 1.47 bits per heavy atom. The smallest absolute Gasteiger partial charge is 0.220 e. The Bertz CT molecular complexity index is 206. The third-order valence-corrected chi connectivity index (χ3v) is 2.97. The summed E-state index contributed by atoms with van der Waals surface area (Å²) in [7, 11) is 0. The fourth-order valence-corrected chi connectivity index (χ4v) is 1.95. The van der Waals surface area contributed by atoms with Crippen molar-refractivity contribution in [2.24, 2.45) is 5.92 Å². The molecule has 100 valence electrons. The van der Waals surface area contributed by atoms with E-state index in [4.69, 9.17) is 9.84 Å². The SMILES string of the molecule is O=C(CCC1CCNC1)NCCCOCCO. The van der Waals surface area contributed by atoms with Gasteiger partial charge in [-0.05, 0) is 38.3 Å². The van der Waals surface area contributed by atoms with Crippen LogP contribution in [0.25, 0.3) is 0 Å². The van der Waals surface area contributed by atoms with Crippen molar-refractivity contribution in [1.82, 2.24) is 10.6 Å². The average molecular weight is 244 g/mol. The van der Waals surface area contributed by atoms with Gasteiger partial charge in [-0.3, -0.25) is 4.79 Å². The highest BCUT2D eigenvalue weighted by Gasteiger charge is 2.15. The first-order valence-corrected chi connectivity index (χ1v) is 6.49. The third-order valence-electron chi connectivity index (χ3n) is 2.97. The number of nitrogens with one attached hydrogen (secondary N) is 2. The number of carbonyl (C=O) groups is 1. The molecule has 5 heteroatoms. The Morgan fingerprint density at radius 2 is 2.35 bits per heavy atom. The van der Waals surface area contributed by atoms with E-state index in [-0.39, 0.29) is 12.5 Å². The van der Waals surface area contributed by atoms with Crippen molar-refractivity contribution in [2.75, 3.05) is 39.5 Å². The Balaban J connectivity index is 1.87. The third kappa shape index (κ3) is 7.31. The van der Waals surface area contributed by atoms with Crippen LogP contribution < -0.4 is 10.6 Å². The molecule has 17 heavy (non-hydrogen) atoms. The van der Waals surface area contributed by atoms with Crippen molar-refractivity contribution < 1.29 is 14.6 Å². The van der Waals surface area contributed by atoms with Gasteiger partial charge in [0.25, 0.3) is 0 Å². The second kappa shape index (κ2) is 9.39. The molecule has 1 heterocycles.